The fraction of sp³-hybridized carbons (Fsp3) is 0.750. The summed E-state index contributed by atoms with van der Waals surface area (Å²) in [6.07, 6.45) is 0.478. The first-order chi connectivity index (χ1) is 5.45. The summed E-state index contributed by atoms with van der Waals surface area (Å²) in [5, 5.41) is 14.9. The number of thiocarbonyl (C=S) groups is 1. The van der Waals surface area contributed by atoms with E-state index in [0.717, 1.165) is 0 Å². The van der Waals surface area contributed by atoms with Gasteiger partial charge < -0.3 is 10.6 Å². The molecule has 0 heterocycles. The maximum atomic E-state index is 8.26. The second kappa shape index (κ2) is 4.94. The summed E-state index contributed by atoms with van der Waals surface area (Å²) >= 11 is 4.98. The maximum absolute atomic E-state index is 8.26. The van der Waals surface area contributed by atoms with Crippen LogP contribution in [-0.4, -0.2) is 17.2 Å². The van der Waals surface area contributed by atoms with Gasteiger partial charge >= 0.3 is 0 Å². The van der Waals surface area contributed by atoms with E-state index in [1.807, 2.05) is 26.8 Å². The molecule has 0 aromatic carbocycles. The monoisotopic (exact) mass is 185 g/mol. The van der Waals surface area contributed by atoms with E-state index in [1.165, 1.54) is 0 Å². The SMILES string of the molecule is CC(C)(C)NC(=S)NCCC#N. The van der Waals surface area contributed by atoms with Crippen molar-refractivity contribution in [3.63, 3.8) is 0 Å². The van der Waals surface area contributed by atoms with Gasteiger partial charge in [-0.3, -0.25) is 0 Å². The van der Waals surface area contributed by atoms with Crippen LogP contribution in [0.15, 0.2) is 0 Å². The van der Waals surface area contributed by atoms with Gasteiger partial charge in [0.1, 0.15) is 0 Å². The lowest BCUT2D eigenvalue weighted by Gasteiger charge is -2.22. The number of rotatable bonds is 2. The van der Waals surface area contributed by atoms with E-state index < -0.39 is 0 Å². The number of hydrogen-bond acceptors (Lipinski definition) is 2. The van der Waals surface area contributed by atoms with Crippen molar-refractivity contribution < 1.29 is 0 Å². The highest BCUT2D eigenvalue weighted by Crippen LogP contribution is 1.97. The summed E-state index contributed by atoms with van der Waals surface area (Å²) in [4.78, 5) is 0. The quantitative estimate of drug-likeness (QED) is 0.501. The normalized spacial score (nSPS) is 10.2. The van der Waals surface area contributed by atoms with E-state index in [9.17, 15) is 0 Å². The minimum Gasteiger partial charge on any atom is -0.362 e. The average Bonchev–Trinajstić information content (AvgIpc) is 1.84. The molecule has 0 bridgehead atoms. The Morgan fingerprint density at radius 3 is 2.50 bits per heavy atom. The first-order valence-corrected chi connectivity index (χ1v) is 4.29. The summed E-state index contributed by atoms with van der Waals surface area (Å²) in [5.41, 5.74) is -0.0171. The molecule has 68 valence electrons. The fourth-order valence-electron chi connectivity index (χ4n) is 0.617. The number of nitrogens with zero attached hydrogens (tertiary/aromatic N) is 1. The molecule has 0 aromatic heterocycles. The zero-order valence-corrected chi connectivity index (χ0v) is 8.59. The Labute approximate surface area is 79.1 Å². The summed E-state index contributed by atoms with van der Waals surface area (Å²) in [6.45, 7) is 6.71. The van der Waals surface area contributed by atoms with E-state index in [1.54, 1.807) is 0 Å². The van der Waals surface area contributed by atoms with E-state index in [-0.39, 0.29) is 5.54 Å². The van der Waals surface area contributed by atoms with Crippen molar-refractivity contribution in [2.24, 2.45) is 0 Å². The zero-order valence-electron chi connectivity index (χ0n) is 7.77. The molecular weight excluding hydrogens is 170 g/mol. The maximum Gasteiger partial charge on any atom is 0.166 e. The third-order valence-electron chi connectivity index (χ3n) is 1.01. The van der Waals surface area contributed by atoms with Crippen molar-refractivity contribution in [1.82, 2.24) is 10.6 Å². The van der Waals surface area contributed by atoms with Crippen molar-refractivity contribution in [2.45, 2.75) is 32.7 Å². The van der Waals surface area contributed by atoms with Crippen molar-refractivity contribution in [3.8, 4) is 6.07 Å². The van der Waals surface area contributed by atoms with Gasteiger partial charge in [0.25, 0.3) is 0 Å². The van der Waals surface area contributed by atoms with Crippen LogP contribution < -0.4 is 10.6 Å². The Balaban J connectivity index is 3.56. The van der Waals surface area contributed by atoms with E-state index >= 15 is 0 Å². The molecule has 0 saturated heterocycles. The predicted octanol–water partition coefficient (Wildman–Crippen LogP) is 1.16. The molecule has 0 aliphatic heterocycles. The van der Waals surface area contributed by atoms with Crippen LogP contribution in [0, 0.1) is 11.3 Å². The molecule has 4 heteroatoms. The number of nitriles is 1. The van der Waals surface area contributed by atoms with Crippen molar-refractivity contribution in [1.29, 1.82) is 5.26 Å². The standard InChI is InChI=1S/C8H15N3S/c1-8(2,3)11-7(12)10-6-4-5-9/h4,6H2,1-3H3,(H2,10,11,12). The van der Waals surface area contributed by atoms with Crippen LogP contribution in [0.4, 0.5) is 0 Å². The van der Waals surface area contributed by atoms with Crippen LogP contribution in [-0.2, 0) is 0 Å². The van der Waals surface area contributed by atoms with Crippen LogP contribution in [0.1, 0.15) is 27.2 Å². The Kier molecular flexibility index (Phi) is 4.60. The summed E-state index contributed by atoms with van der Waals surface area (Å²) in [6, 6.07) is 2.04. The molecule has 0 unspecified atom stereocenters. The molecule has 3 nitrogen and oxygen atoms in total. The molecule has 0 atom stereocenters. The van der Waals surface area contributed by atoms with Gasteiger partial charge in [-0.1, -0.05) is 0 Å². The number of nitrogens with one attached hydrogen (secondary N) is 2. The van der Waals surface area contributed by atoms with Crippen LogP contribution in [0.2, 0.25) is 0 Å². The van der Waals surface area contributed by atoms with Crippen LogP contribution in [0.5, 0.6) is 0 Å². The highest BCUT2D eigenvalue weighted by atomic mass is 32.1. The molecule has 0 rings (SSSR count). The Morgan fingerprint density at radius 1 is 1.50 bits per heavy atom. The first kappa shape index (κ1) is 11.2. The van der Waals surface area contributed by atoms with Gasteiger partial charge in [0.05, 0.1) is 12.5 Å². The Bertz CT molecular complexity index is 187. The molecule has 0 fully saturated rings. The predicted molar refractivity (Wildman–Crippen MR) is 53.7 cm³/mol. The molecule has 0 saturated carbocycles. The Morgan fingerprint density at radius 2 is 2.08 bits per heavy atom. The summed E-state index contributed by atoms with van der Waals surface area (Å²) < 4.78 is 0. The van der Waals surface area contributed by atoms with Crippen LogP contribution in [0.3, 0.4) is 0 Å². The number of hydrogen-bond donors (Lipinski definition) is 2. The molecule has 0 aliphatic carbocycles. The third kappa shape index (κ3) is 7.29. The van der Waals surface area contributed by atoms with Gasteiger partial charge in [0.2, 0.25) is 0 Å². The molecule has 2 N–H and O–H groups in total. The third-order valence-corrected chi connectivity index (χ3v) is 1.26. The van der Waals surface area contributed by atoms with Gasteiger partial charge in [0.15, 0.2) is 5.11 Å². The van der Waals surface area contributed by atoms with Crippen molar-refractivity contribution in [2.75, 3.05) is 6.54 Å². The van der Waals surface area contributed by atoms with Crippen LogP contribution >= 0.6 is 12.2 Å². The highest BCUT2D eigenvalue weighted by Gasteiger charge is 2.09. The summed E-state index contributed by atoms with van der Waals surface area (Å²) in [5.74, 6) is 0. The average molecular weight is 185 g/mol. The second-order valence-electron chi connectivity index (χ2n) is 3.54. The molecule has 0 aromatic rings. The molecule has 0 aliphatic rings. The molecule has 0 spiro atoms. The summed E-state index contributed by atoms with van der Waals surface area (Å²) in [7, 11) is 0. The lowest BCUT2D eigenvalue weighted by atomic mass is 10.1. The smallest absolute Gasteiger partial charge is 0.166 e. The van der Waals surface area contributed by atoms with E-state index in [2.05, 4.69) is 10.6 Å². The van der Waals surface area contributed by atoms with Gasteiger partial charge in [-0.25, -0.2) is 0 Å². The largest absolute Gasteiger partial charge is 0.362 e. The van der Waals surface area contributed by atoms with Gasteiger partial charge in [-0.05, 0) is 33.0 Å². The van der Waals surface area contributed by atoms with Gasteiger partial charge in [0, 0.05) is 12.1 Å². The molecule has 0 radical (unpaired) electrons. The molecule has 12 heavy (non-hydrogen) atoms. The van der Waals surface area contributed by atoms with Gasteiger partial charge in [-0.15, -0.1) is 0 Å². The topological polar surface area (TPSA) is 47.8 Å². The van der Waals surface area contributed by atoms with Crippen molar-refractivity contribution >= 4 is 17.3 Å². The lowest BCUT2D eigenvalue weighted by molar-refractivity contribution is 0.507. The van der Waals surface area contributed by atoms with Crippen LogP contribution in [0.25, 0.3) is 0 Å². The Hall–Kier alpha value is -0.820. The molecule has 0 amide bonds. The molecular formula is C8H15N3S. The van der Waals surface area contributed by atoms with Crippen molar-refractivity contribution in [3.05, 3.63) is 0 Å². The van der Waals surface area contributed by atoms with E-state index in [4.69, 9.17) is 17.5 Å². The zero-order chi connectivity index (χ0) is 9.61. The fourth-order valence-corrected chi connectivity index (χ4v) is 1.02. The van der Waals surface area contributed by atoms with E-state index in [0.29, 0.717) is 18.1 Å². The van der Waals surface area contributed by atoms with Gasteiger partial charge in [-0.2, -0.15) is 5.26 Å². The highest BCUT2D eigenvalue weighted by molar-refractivity contribution is 7.80. The second-order valence-corrected chi connectivity index (χ2v) is 3.95. The minimum absolute atomic E-state index is 0.0171. The minimum atomic E-state index is -0.0171. The lowest BCUT2D eigenvalue weighted by Crippen LogP contribution is -2.46. The first-order valence-electron chi connectivity index (χ1n) is 3.88.